The maximum Gasteiger partial charge on any atom is 0.229 e. The van der Waals surface area contributed by atoms with Crippen LogP contribution in [0.1, 0.15) is 5.56 Å². The monoisotopic (exact) mass is 399 g/mol. The average Bonchev–Trinajstić information content (AvgIpc) is 2.77. The first kappa shape index (κ1) is 20.4. The Labute approximate surface area is 175 Å². The molecule has 0 aliphatic heterocycles. The van der Waals surface area contributed by atoms with Crippen molar-refractivity contribution in [2.75, 3.05) is 23.8 Å². The van der Waals surface area contributed by atoms with Crippen LogP contribution >= 0.6 is 0 Å². The molecule has 150 valence electrons. The van der Waals surface area contributed by atoms with Crippen LogP contribution in [0.2, 0.25) is 0 Å². The SMILES string of the molecule is C=CCOc1cccc(Nc2ncc(C#N)c(Nc3cccc(OCC=C)c3)n2)c1. The minimum atomic E-state index is 0.320. The number of rotatable bonds is 10. The first-order valence-electron chi connectivity index (χ1n) is 9.20. The lowest BCUT2D eigenvalue weighted by molar-refractivity contribution is 0.363. The van der Waals surface area contributed by atoms with Crippen LogP contribution in [0.3, 0.4) is 0 Å². The van der Waals surface area contributed by atoms with Gasteiger partial charge in [-0.25, -0.2) is 4.98 Å². The van der Waals surface area contributed by atoms with Gasteiger partial charge in [0, 0.05) is 23.5 Å². The maximum absolute atomic E-state index is 9.42. The molecule has 0 unspecified atom stereocenters. The average molecular weight is 399 g/mol. The molecule has 0 amide bonds. The highest BCUT2D eigenvalue weighted by atomic mass is 16.5. The number of nitriles is 1. The summed E-state index contributed by atoms with van der Waals surface area (Å²) in [5.41, 5.74) is 1.81. The predicted molar refractivity (Wildman–Crippen MR) is 118 cm³/mol. The van der Waals surface area contributed by atoms with Crippen LogP contribution in [-0.4, -0.2) is 23.2 Å². The van der Waals surface area contributed by atoms with E-state index >= 15 is 0 Å². The minimum Gasteiger partial charge on any atom is -0.489 e. The van der Waals surface area contributed by atoms with Gasteiger partial charge in [0.2, 0.25) is 5.95 Å². The smallest absolute Gasteiger partial charge is 0.229 e. The van der Waals surface area contributed by atoms with E-state index in [1.54, 1.807) is 12.2 Å². The molecule has 7 nitrogen and oxygen atoms in total. The van der Waals surface area contributed by atoms with E-state index < -0.39 is 0 Å². The van der Waals surface area contributed by atoms with Crippen LogP contribution in [0.4, 0.5) is 23.1 Å². The quantitative estimate of drug-likeness (QED) is 0.465. The molecule has 0 fully saturated rings. The van der Waals surface area contributed by atoms with Gasteiger partial charge in [-0.15, -0.1) is 0 Å². The van der Waals surface area contributed by atoms with E-state index in [0.29, 0.717) is 42.0 Å². The number of hydrogen-bond donors (Lipinski definition) is 2. The summed E-state index contributed by atoms with van der Waals surface area (Å²) < 4.78 is 11.1. The molecule has 2 aromatic carbocycles. The Hall–Kier alpha value is -4.31. The van der Waals surface area contributed by atoms with Gasteiger partial charge in [0.15, 0.2) is 5.82 Å². The third-order valence-electron chi connectivity index (χ3n) is 3.83. The van der Waals surface area contributed by atoms with Gasteiger partial charge in [0.1, 0.15) is 36.3 Å². The zero-order chi connectivity index (χ0) is 21.2. The topological polar surface area (TPSA) is 92.1 Å². The lowest BCUT2D eigenvalue weighted by atomic mass is 10.2. The van der Waals surface area contributed by atoms with Gasteiger partial charge < -0.3 is 20.1 Å². The van der Waals surface area contributed by atoms with Crippen LogP contribution in [0.5, 0.6) is 11.5 Å². The van der Waals surface area contributed by atoms with E-state index in [2.05, 4.69) is 39.8 Å². The van der Waals surface area contributed by atoms with Crippen LogP contribution in [0, 0.1) is 11.3 Å². The lowest BCUT2D eigenvalue weighted by Gasteiger charge is -2.12. The van der Waals surface area contributed by atoms with E-state index in [4.69, 9.17) is 9.47 Å². The van der Waals surface area contributed by atoms with Gasteiger partial charge >= 0.3 is 0 Å². The van der Waals surface area contributed by atoms with Crippen LogP contribution in [0.25, 0.3) is 0 Å². The van der Waals surface area contributed by atoms with Crippen molar-refractivity contribution in [3.05, 3.63) is 85.6 Å². The minimum absolute atomic E-state index is 0.320. The van der Waals surface area contributed by atoms with Crippen molar-refractivity contribution >= 4 is 23.1 Å². The second-order valence-electron chi connectivity index (χ2n) is 6.07. The summed E-state index contributed by atoms with van der Waals surface area (Å²) in [5, 5.41) is 15.7. The van der Waals surface area contributed by atoms with Crippen molar-refractivity contribution in [1.82, 2.24) is 9.97 Å². The van der Waals surface area contributed by atoms with E-state index in [1.165, 1.54) is 6.20 Å². The summed E-state index contributed by atoms with van der Waals surface area (Å²) in [6, 6.07) is 16.9. The number of hydrogen-bond acceptors (Lipinski definition) is 7. The van der Waals surface area contributed by atoms with E-state index in [1.807, 2.05) is 48.5 Å². The summed E-state index contributed by atoms with van der Waals surface area (Å²) in [6.07, 6.45) is 4.82. The summed E-state index contributed by atoms with van der Waals surface area (Å²) in [7, 11) is 0. The summed E-state index contributed by atoms with van der Waals surface area (Å²) in [4.78, 5) is 8.67. The van der Waals surface area contributed by atoms with Gasteiger partial charge in [-0.05, 0) is 24.3 Å². The molecular weight excluding hydrogens is 378 g/mol. The van der Waals surface area contributed by atoms with E-state index in [0.717, 1.165) is 11.4 Å². The van der Waals surface area contributed by atoms with Crippen molar-refractivity contribution in [3.63, 3.8) is 0 Å². The molecule has 0 aliphatic rings. The van der Waals surface area contributed by atoms with Crippen molar-refractivity contribution in [1.29, 1.82) is 5.26 Å². The number of nitrogens with one attached hydrogen (secondary N) is 2. The fourth-order valence-corrected chi connectivity index (χ4v) is 2.52. The predicted octanol–water partition coefficient (Wildman–Crippen LogP) is 4.97. The first-order valence-corrected chi connectivity index (χ1v) is 9.20. The zero-order valence-corrected chi connectivity index (χ0v) is 16.3. The Morgan fingerprint density at radius 1 is 0.933 bits per heavy atom. The number of aromatic nitrogens is 2. The second-order valence-corrected chi connectivity index (χ2v) is 6.07. The Bertz CT molecular complexity index is 1080. The molecule has 3 rings (SSSR count). The summed E-state index contributed by atoms with van der Waals surface area (Å²) in [6.45, 7) is 8.10. The number of anilines is 4. The molecule has 2 N–H and O–H groups in total. The fraction of sp³-hybridized carbons (Fsp3) is 0.0870. The normalized spacial score (nSPS) is 9.83. The molecule has 0 bridgehead atoms. The van der Waals surface area contributed by atoms with Gasteiger partial charge in [0.25, 0.3) is 0 Å². The van der Waals surface area contributed by atoms with Crippen molar-refractivity contribution in [2.45, 2.75) is 0 Å². The molecule has 0 radical (unpaired) electrons. The fourth-order valence-electron chi connectivity index (χ4n) is 2.52. The molecule has 0 saturated heterocycles. The Balaban J connectivity index is 1.80. The van der Waals surface area contributed by atoms with Crippen LogP contribution < -0.4 is 20.1 Å². The molecular formula is C23H21N5O2. The standard InChI is InChI=1S/C23H21N5O2/c1-3-11-29-20-9-5-7-18(13-20)26-22-17(15-24)16-25-23(28-22)27-19-8-6-10-21(14-19)30-12-4-2/h3-10,13-14,16H,1-2,11-12H2,(H2,25,26,27,28). The largest absolute Gasteiger partial charge is 0.489 e. The molecule has 0 aliphatic carbocycles. The second kappa shape index (κ2) is 10.3. The lowest BCUT2D eigenvalue weighted by Crippen LogP contribution is -2.03. The number of ether oxygens (including phenoxy) is 2. The van der Waals surface area contributed by atoms with Crippen LogP contribution in [-0.2, 0) is 0 Å². The highest BCUT2D eigenvalue weighted by Gasteiger charge is 2.09. The van der Waals surface area contributed by atoms with E-state index in [-0.39, 0.29) is 0 Å². The molecule has 7 heteroatoms. The van der Waals surface area contributed by atoms with Gasteiger partial charge in [-0.2, -0.15) is 10.2 Å². The maximum atomic E-state index is 9.42. The molecule has 1 aromatic heterocycles. The molecule has 0 saturated carbocycles. The van der Waals surface area contributed by atoms with Crippen molar-refractivity contribution < 1.29 is 9.47 Å². The third kappa shape index (κ3) is 5.59. The zero-order valence-electron chi connectivity index (χ0n) is 16.3. The van der Waals surface area contributed by atoms with E-state index in [9.17, 15) is 5.26 Å². The number of nitrogens with zero attached hydrogens (tertiary/aromatic N) is 3. The van der Waals surface area contributed by atoms with Crippen molar-refractivity contribution in [3.8, 4) is 17.6 Å². The van der Waals surface area contributed by atoms with Gasteiger partial charge in [-0.1, -0.05) is 37.4 Å². The summed E-state index contributed by atoms with van der Waals surface area (Å²) in [5.74, 6) is 2.11. The molecule has 0 spiro atoms. The van der Waals surface area contributed by atoms with Gasteiger partial charge in [0.05, 0.1) is 6.20 Å². The molecule has 1 heterocycles. The van der Waals surface area contributed by atoms with Crippen LogP contribution in [0.15, 0.2) is 80.0 Å². The van der Waals surface area contributed by atoms with Crippen molar-refractivity contribution in [2.24, 2.45) is 0 Å². The Morgan fingerprint density at radius 2 is 1.53 bits per heavy atom. The highest BCUT2D eigenvalue weighted by Crippen LogP contribution is 2.25. The molecule has 30 heavy (non-hydrogen) atoms. The highest BCUT2D eigenvalue weighted by molar-refractivity contribution is 5.66. The third-order valence-corrected chi connectivity index (χ3v) is 3.83. The van der Waals surface area contributed by atoms with Gasteiger partial charge in [-0.3, -0.25) is 0 Å². The number of benzene rings is 2. The first-order chi connectivity index (χ1) is 14.7. The molecule has 3 aromatic rings. The summed E-state index contributed by atoms with van der Waals surface area (Å²) >= 11 is 0. The molecule has 0 atom stereocenters. The Morgan fingerprint density at radius 3 is 2.10 bits per heavy atom. The Kier molecular flexibility index (Phi) is 7.01.